The van der Waals surface area contributed by atoms with Gasteiger partial charge in [0.25, 0.3) is 0 Å². The lowest BCUT2D eigenvalue weighted by Gasteiger charge is -2.29. The number of likely N-dealkylation sites (tertiary alicyclic amines) is 1. The standard InChI is InChI=1S/C23H30N6/c1-24-23(25-14-13-22-27-19-11-5-6-12-20(19)28-22)26-17-21(29-15-7-8-16-29)18-9-3-2-4-10-18/h2-6,9-12,21H,7-8,13-17H2,1H3,(H,27,28)(H2,24,25,26). The zero-order chi connectivity index (χ0) is 19.9. The molecule has 2 aromatic carbocycles. The van der Waals surface area contributed by atoms with Crippen LogP contribution in [0.4, 0.5) is 0 Å². The summed E-state index contributed by atoms with van der Waals surface area (Å²) < 4.78 is 0. The van der Waals surface area contributed by atoms with E-state index in [0.717, 1.165) is 42.3 Å². The van der Waals surface area contributed by atoms with Crippen LogP contribution in [0.5, 0.6) is 0 Å². The first-order valence-electron chi connectivity index (χ1n) is 10.5. The first-order valence-corrected chi connectivity index (χ1v) is 10.5. The molecule has 1 aromatic heterocycles. The maximum absolute atomic E-state index is 4.64. The minimum atomic E-state index is 0.368. The van der Waals surface area contributed by atoms with Crippen LogP contribution in [-0.4, -0.2) is 54.1 Å². The number of aromatic nitrogens is 2. The Morgan fingerprint density at radius 2 is 1.83 bits per heavy atom. The first kappa shape index (κ1) is 19.5. The number of guanidine groups is 1. The van der Waals surface area contributed by atoms with Crippen molar-refractivity contribution in [3.8, 4) is 0 Å². The molecule has 0 amide bonds. The number of H-pyrrole nitrogens is 1. The lowest BCUT2D eigenvalue weighted by Crippen LogP contribution is -2.43. The highest BCUT2D eigenvalue weighted by Crippen LogP contribution is 2.24. The summed E-state index contributed by atoms with van der Waals surface area (Å²) in [6, 6.07) is 19.3. The quantitative estimate of drug-likeness (QED) is 0.428. The zero-order valence-electron chi connectivity index (χ0n) is 17.1. The molecular weight excluding hydrogens is 360 g/mol. The molecule has 4 rings (SSSR count). The van der Waals surface area contributed by atoms with Crippen molar-refractivity contribution in [3.63, 3.8) is 0 Å². The molecule has 3 aromatic rings. The highest BCUT2D eigenvalue weighted by molar-refractivity contribution is 5.79. The number of aliphatic imine (C=N–C) groups is 1. The molecule has 1 aliphatic rings. The molecule has 1 unspecified atom stereocenters. The molecule has 0 radical (unpaired) electrons. The monoisotopic (exact) mass is 390 g/mol. The number of aromatic amines is 1. The van der Waals surface area contributed by atoms with Gasteiger partial charge in [0.1, 0.15) is 5.82 Å². The Kier molecular flexibility index (Phi) is 6.42. The molecule has 0 spiro atoms. The van der Waals surface area contributed by atoms with E-state index in [4.69, 9.17) is 0 Å². The second kappa shape index (κ2) is 9.56. The summed E-state index contributed by atoms with van der Waals surface area (Å²) in [4.78, 5) is 15.0. The molecule has 0 bridgehead atoms. The van der Waals surface area contributed by atoms with Gasteiger partial charge in [0, 0.05) is 26.6 Å². The van der Waals surface area contributed by atoms with E-state index in [0.29, 0.717) is 6.04 Å². The molecule has 1 fully saturated rings. The Bertz CT molecular complexity index is 894. The average Bonchev–Trinajstić information content (AvgIpc) is 3.43. The third-order valence-corrected chi connectivity index (χ3v) is 5.54. The third kappa shape index (κ3) is 4.95. The third-order valence-electron chi connectivity index (χ3n) is 5.54. The molecule has 6 nitrogen and oxygen atoms in total. The smallest absolute Gasteiger partial charge is 0.191 e. The molecule has 1 saturated heterocycles. The molecular formula is C23H30N6. The molecule has 1 atom stereocenters. The molecule has 2 heterocycles. The summed E-state index contributed by atoms with van der Waals surface area (Å²) in [6.07, 6.45) is 3.39. The zero-order valence-corrected chi connectivity index (χ0v) is 17.1. The van der Waals surface area contributed by atoms with Gasteiger partial charge in [-0.2, -0.15) is 0 Å². The van der Waals surface area contributed by atoms with Crippen LogP contribution in [-0.2, 0) is 6.42 Å². The minimum Gasteiger partial charge on any atom is -0.356 e. The van der Waals surface area contributed by atoms with E-state index < -0.39 is 0 Å². The van der Waals surface area contributed by atoms with Gasteiger partial charge in [-0.1, -0.05) is 42.5 Å². The van der Waals surface area contributed by atoms with Crippen molar-refractivity contribution in [2.45, 2.75) is 25.3 Å². The number of fused-ring (bicyclic) bond motifs is 1. The van der Waals surface area contributed by atoms with Crippen LogP contribution in [0.25, 0.3) is 11.0 Å². The SMILES string of the molecule is CN=C(NCCc1nc2ccccc2[nH]1)NCC(c1ccccc1)N1CCCC1. The van der Waals surface area contributed by atoms with E-state index in [-0.39, 0.29) is 0 Å². The van der Waals surface area contributed by atoms with E-state index in [1.54, 1.807) is 0 Å². The second-order valence-corrected chi connectivity index (χ2v) is 7.50. The van der Waals surface area contributed by atoms with E-state index >= 15 is 0 Å². The van der Waals surface area contributed by atoms with Crippen LogP contribution in [0.2, 0.25) is 0 Å². The fourth-order valence-corrected chi connectivity index (χ4v) is 4.02. The molecule has 6 heteroatoms. The Hall–Kier alpha value is -2.86. The molecule has 0 aliphatic carbocycles. The Balaban J connectivity index is 1.31. The summed E-state index contributed by atoms with van der Waals surface area (Å²) in [5.41, 5.74) is 3.46. The summed E-state index contributed by atoms with van der Waals surface area (Å²) in [7, 11) is 1.82. The molecule has 1 aliphatic heterocycles. The van der Waals surface area contributed by atoms with Crippen molar-refractivity contribution in [1.82, 2.24) is 25.5 Å². The van der Waals surface area contributed by atoms with Crippen LogP contribution >= 0.6 is 0 Å². The Morgan fingerprint density at radius 3 is 2.59 bits per heavy atom. The van der Waals surface area contributed by atoms with Gasteiger partial charge in [0.15, 0.2) is 5.96 Å². The van der Waals surface area contributed by atoms with Gasteiger partial charge in [-0.05, 0) is 43.6 Å². The lowest BCUT2D eigenvalue weighted by atomic mass is 10.1. The van der Waals surface area contributed by atoms with E-state index in [9.17, 15) is 0 Å². The number of rotatable bonds is 7. The minimum absolute atomic E-state index is 0.368. The van der Waals surface area contributed by atoms with Crippen LogP contribution in [0, 0.1) is 0 Å². The molecule has 152 valence electrons. The van der Waals surface area contributed by atoms with Gasteiger partial charge in [-0.3, -0.25) is 9.89 Å². The highest BCUT2D eigenvalue weighted by Gasteiger charge is 2.23. The number of benzene rings is 2. The van der Waals surface area contributed by atoms with Crippen molar-refractivity contribution < 1.29 is 0 Å². The average molecular weight is 391 g/mol. The van der Waals surface area contributed by atoms with Crippen LogP contribution < -0.4 is 10.6 Å². The van der Waals surface area contributed by atoms with Gasteiger partial charge < -0.3 is 15.6 Å². The summed E-state index contributed by atoms with van der Waals surface area (Å²) >= 11 is 0. The summed E-state index contributed by atoms with van der Waals surface area (Å²) in [6.45, 7) is 3.95. The number of para-hydroxylation sites is 2. The van der Waals surface area contributed by atoms with Crippen molar-refractivity contribution in [3.05, 3.63) is 66.0 Å². The van der Waals surface area contributed by atoms with Gasteiger partial charge in [0.05, 0.1) is 17.1 Å². The van der Waals surface area contributed by atoms with Gasteiger partial charge in [0.2, 0.25) is 0 Å². The normalized spacial score (nSPS) is 16.2. The highest BCUT2D eigenvalue weighted by atomic mass is 15.2. The number of nitrogens with zero attached hydrogens (tertiary/aromatic N) is 3. The first-order chi connectivity index (χ1) is 14.3. The van der Waals surface area contributed by atoms with Crippen LogP contribution in [0.15, 0.2) is 59.6 Å². The maximum Gasteiger partial charge on any atom is 0.191 e. The molecule has 29 heavy (non-hydrogen) atoms. The number of nitrogens with one attached hydrogen (secondary N) is 3. The van der Waals surface area contributed by atoms with Gasteiger partial charge >= 0.3 is 0 Å². The fourth-order valence-electron chi connectivity index (χ4n) is 4.02. The predicted octanol–water partition coefficient (Wildman–Crippen LogP) is 3.11. The largest absolute Gasteiger partial charge is 0.356 e. The van der Waals surface area contributed by atoms with Crippen molar-refractivity contribution in [2.75, 3.05) is 33.2 Å². The molecule has 0 saturated carbocycles. The van der Waals surface area contributed by atoms with Crippen molar-refractivity contribution in [1.29, 1.82) is 0 Å². The molecule has 3 N–H and O–H groups in total. The predicted molar refractivity (Wildman–Crippen MR) is 119 cm³/mol. The van der Waals surface area contributed by atoms with E-state index in [2.05, 4.69) is 66.9 Å². The Morgan fingerprint density at radius 1 is 1.07 bits per heavy atom. The van der Waals surface area contributed by atoms with Crippen molar-refractivity contribution in [2.24, 2.45) is 4.99 Å². The van der Waals surface area contributed by atoms with E-state index in [1.807, 2.05) is 25.2 Å². The van der Waals surface area contributed by atoms with Crippen LogP contribution in [0.3, 0.4) is 0 Å². The van der Waals surface area contributed by atoms with Gasteiger partial charge in [-0.25, -0.2) is 4.98 Å². The lowest BCUT2D eigenvalue weighted by molar-refractivity contribution is 0.245. The second-order valence-electron chi connectivity index (χ2n) is 7.50. The number of hydrogen-bond acceptors (Lipinski definition) is 3. The topological polar surface area (TPSA) is 68.3 Å². The van der Waals surface area contributed by atoms with Gasteiger partial charge in [-0.15, -0.1) is 0 Å². The van der Waals surface area contributed by atoms with Crippen LogP contribution in [0.1, 0.15) is 30.3 Å². The maximum atomic E-state index is 4.64. The van der Waals surface area contributed by atoms with E-state index in [1.165, 1.54) is 31.5 Å². The Labute approximate surface area is 172 Å². The van der Waals surface area contributed by atoms with Crippen molar-refractivity contribution >= 4 is 17.0 Å². The number of imidazole rings is 1. The fraction of sp³-hybridized carbons (Fsp3) is 0.391. The number of hydrogen-bond donors (Lipinski definition) is 3. The summed E-state index contributed by atoms with van der Waals surface area (Å²) in [5.74, 6) is 1.83. The summed E-state index contributed by atoms with van der Waals surface area (Å²) in [5, 5.41) is 6.94.